The number of rotatable bonds is 6. The van der Waals surface area contributed by atoms with E-state index in [4.69, 9.17) is 0 Å². The fraction of sp³-hybridized carbons (Fsp3) is 0.192. The van der Waals surface area contributed by atoms with Crippen LogP contribution in [0.15, 0.2) is 96.0 Å². The van der Waals surface area contributed by atoms with Crippen molar-refractivity contribution in [2.24, 2.45) is 0 Å². The Balaban J connectivity index is 1.17. The molecule has 5 rings (SSSR count). The van der Waals surface area contributed by atoms with Gasteiger partial charge in [0.05, 0.1) is 10.4 Å². The molecule has 1 aliphatic rings. The minimum atomic E-state index is -1.25. The number of pyridine rings is 1. The van der Waals surface area contributed by atoms with Crippen LogP contribution in [0.5, 0.6) is 0 Å². The maximum atomic E-state index is 12.8. The molecule has 3 aromatic carbocycles. The summed E-state index contributed by atoms with van der Waals surface area (Å²) in [5.74, 6) is 0. The molecule has 4 aromatic rings. The van der Waals surface area contributed by atoms with Crippen molar-refractivity contribution in [3.63, 3.8) is 0 Å². The van der Waals surface area contributed by atoms with Crippen LogP contribution in [0.3, 0.4) is 0 Å². The number of hydrogen-bond acceptors (Lipinski definition) is 3. The maximum Gasteiger partial charge on any atom is 0.126 e. The van der Waals surface area contributed by atoms with E-state index in [0.717, 1.165) is 41.9 Å². The third-order valence-electron chi connectivity index (χ3n) is 5.79. The van der Waals surface area contributed by atoms with Gasteiger partial charge in [0.15, 0.2) is 0 Å². The van der Waals surface area contributed by atoms with Crippen LogP contribution < -0.4 is 4.72 Å². The monoisotopic (exact) mass is 427 g/mol. The van der Waals surface area contributed by atoms with Crippen LogP contribution in [0.4, 0.5) is 0 Å². The van der Waals surface area contributed by atoms with Crippen LogP contribution in [0.25, 0.3) is 22.0 Å². The first kappa shape index (κ1) is 20.1. The van der Waals surface area contributed by atoms with E-state index in [9.17, 15) is 4.21 Å². The molecule has 2 atom stereocenters. The summed E-state index contributed by atoms with van der Waals surface area (Å²) in [6, 6.07) is 29.4. The number of hydrogen-bond donors (Lipinski definition) is 1. The number of fused-ring (bicyclic) bond motifs is 1. The zero-order chi connectivity index (χ0) is 21.0. The Bertz CT molecular complexity index is 1190. The van der Waals surface area contributed by atoms with E-state index in [0.29, 0.717) is 0 Å². The molecule has 0 spiro atoms. The molecule has 1 unspecified atom stereocenters. The lowest BCUT2D eigenvalue weighted by molar-refractivity contribution is 0.325. The average molecular weight is 428 g/mol. The molecule has 2 heterocycles. The van der Waals surface area contributed by atoms with E-state index in [1.165, 1.54) is 16.7 Å². The number of aromatic nitrogens is 1. The average Bonchev–Trinajstić information content (AvgIpc) is 3.26. The van der Waals surface area contributed by atoms with E-state index in [1.54, 1.807) is 6.20 Å². The highest BCUT2D eigenvalue weighted by molar-refractivity contribution is 7.83. The summed E-state index contributed by atoms with van der Waals surface area (Å²) in [7, 11) is -1.25. The molecule has 0 bridgehead atoms. The van der Waals surface area contributed by atoms with Gasteiger partial charge in [0, 0.05) is 37.3 Å². The molecular weight excluding hydrogens is 402 g/mol. The quantitative estimate of drug-likeness (QED) is 0.481. The number of benzene rings is 3. The van der Waals surface area contributed by atoms with Gasteiger partial charge in [-0.2, -0.15) is 0 Å². The Hall–Kier alpha value is -2.86. The molecule has 1 aromatic heterocycles. The molecule has 1 saturated heterocycles. The first-order valence-corrected chi connectivity index (χ1v) is 11.8. The molecule has 0 amide bonds. The van der Waals surface area contributed by atoms with Crippen LogP contribution in [0.2, 0.25) is 0 Å². The van der Waals surface area contributed by atoms with Crippen molar-refractivity contribution < 1.29 is 4.21 Å². The standard InChI is InChI=1S/C26H25N3OS/c30-31(25-16-23-8-4-5-9-26(23)27-17-25)28-24-14-15-29(19-24)18-20-10-12-22(13-11-20)21-6-2-1-3-7-21/h1-13,16-17,24,28H,14-15,18-19H2/t24-,31?/m1/s1. The molecule has 0 aliphatic carbocycles. The third-order valence-corrected chi connectivity index (χ3v) is 6.99. The summed E-state index contributed by atoms with van der Waals surface area (Å²) in [5.41, 5.74) is 4.71. The van der Waals surface area contributed by atoms with Crippen molar-refractivity contribution in [1.29, 1.82) is 0 Å². The molecule has 1 fully saturated rings. The van der Waals surface area contributed by atoms with Gasteiger partial charge < -0.3 is 0 Å². The highest BCUT2D eigenvalue weighted by Gasteiger charge is 2.24. The second-order valence-electron chi connectivity index (χ2n) is 8.03. The van der Waals surface area contributed by atoms with Crippen molar-refractivity contribution in [3.8, 4) is 11.1 Å². The lowest BCUT2D eigenvalue weighted by Crippen LogP contribution is -2.33. The maximum absolute atomic E-state index is 12.8. The number of likely N-dealkylation sites (tertiary alicyclic amines) is 1. The summed E-state index contributed by atoms with van der Waals surface area (Å²) in [6.45, 7) is 2.82. The normalized spacial score (nSPS) is 17.7. The van der Waals surface area contributed by atoms with E-state index >= 15 is 0 Å². The minimum Gasteiger partial charge on any atom is -0.297 e. The van der Waals surface area contributed by atoms with Gasteiger partial charge in [-0.15, -0.1) is 0 Å². The van der Waals surface area contributed by atoms with Gasteiger partial charge in [0.25, 0.3) is 0 Å². The number of para-hydroxylation sites is 1. The Labute approximate surface area is 185 Å². The predicted molar refractivity (Wildman–Crippen MR) is 127 cm³/mol. The molecule has 1 aliphatic heterocycles. The summed E-state index contributed by atoms with van der Waals surface area (Å²) in [5, 5.41) is 1.02. The van der Waals surface area contributed by atoms with E-state index in [1.807, 2.05) is 36.4 Å². The minimum absolute atomic E-state index is 0.218. The molecule has 4 nitrogen and oxygen atoms in total. The van der Waals surface area contributed by atoms with E-state index in [-0.39, 0.29) is 6.04 Å². The van der Waals surface area contributed by atoms with Gasteiger partial charge in [-0.1, -0.05) is 72.8 Å². The smallest absolute Gasteiger partial charge is 0.126 e. The van der Waals surface area contributed by atoms with Crippen LogP contribution in [0.1, 0.15) is 12.0 Å². The van der Waals surface area contributed by atoms with Crippen LogP contribution in [-0.4, -0.2) is 33.2 Å². The molecule has 1 N–H and O–H groups in total. The first-order chi connectivity index (χ1) is 15.2. The van der Waals surface area contributed by atoms with Crippen molar-refractivity contribution >= 4 is 21.9 Å². The Kier molecular flexibility index (Phi) is 5.89. The molecule has 0 radical (unpaired) electrons. The molecule has 156 valence electrons. The summed E-state index contributed by atoms with van der Waals surface area (Å²) in [4.78, 5) is 7.58. The van der Waals surface area contributed by atoms with Gasteiger partial charge in [0.2, 0.25) is 0 Å². The highest BCUT2D eigenvalue weighted by Crippen LogP contribution is 2.21. The summed E-state index contributed by atoms with van der Waals surface area (Å²) < 4.78 is 16.1. The Morgan fingerprint density at radius 2 is 1.68 bits per heavy atom. The van der Waals surface area contributed by atoms with Crippen molar-refractivity contribution in [2.75, 3.05) is 13.1 Å². The van der Waals surface area contributed by atoms with Crippen molar-refractivity contribution in [2.45, 2.75) is 23.9 Å². The predicted octanol–water partition coefficient (Wildman–Crippen LogP) is 4.79. The van der Waals surface area contributed by atoms with Gasteiger partial charge in [-0.25, -0.2) is 8.93 Å². The Morgan fingerprint density at radius 1 is 0.935 bits per heavy atom. The largest absolute Gasteiger partial charge is 0.297 e. The zero-order valence-corrected chi connectivity index (χ0v) is 18.1. The Morgan fingerprint density at radius 3 is 2.52 bits per heavy atom. The van der Waals surface area contributed by atoms with Crippen LogP contribution >= 0.6 is 0 Å². The second-order valence-corrected chi connectivity index (χ2v) is 9.28. The summed E-state index contributed by atoms with van der Waals surface area (Å²) in [6.07, 6.45) is 2.71. The summed E-state index contributed by atoms with van der Waals surface area (Å²) >= 11 is 0. The van der Waals surface area contributed by atoms with Gasteiger partial charge in [-0.3, -0.25) is 9.88 Å². The molecule has 5 heteroatoms. The first-order valence-electron chi connectivity index (χ1n) is 10.6. The molecule has 31 heavy (non-hydrogen) atoms. The van der Waals surface area contributed by atoms with Crippen molar-refractivity contribution in [3.05, 3.63) is 96.7 Å². The number of nitrogens with zero attached hydrogens (tertiary/aromatic N) is 2. The van der Waals surface area contributed by atoms with E-state index < -0.39 is 11.0 Å². The molecule has 0 saturated carbocycles. The van der Waals surface area contributed by atoms with Crippen LogP contribution in [0, 0.1) is 0 Å². The molecular formula is C26H25N3OS. The fourth-order valence-electron chi connectivity index (χ4n) is 4.14. The SMILES string of the molecule is O=S(N[C@@H]1CCN(Cc2ccc(-c3ccccc3)cc2)C1)c1cnc2ccccc2c1. The lowest BCUT2D eigenvalue weighted by Gasteiger charge is -2.17. The highest BCUT2D eigenvalue weighted by atomic mass is 32.2. The zero-order valence-electron chi connectivity index (χ0n) is 17.3. The third kappa shape index (κ3) is 4.74. The van der Waals surface area contributed by atoms with E-state index in [2.05, 4.69) is 63.1 Å². The van der Waals surface area contributed by atoms with Crippen LogP contribution in [-0.2, 0) is 17.5 Å². The number of nitrogens with one attached hydrogen (secondary N) is 1. The van der Waals surface area contributed by atoms with Gasteiger partial charge in [-0.05, 0) is 35.2 Å². The van der Waals surface area contributed by atoms with Gasteiger partial charge in [0.1, 0.15) is 11.0 Å². The van der Waals surface area contributed by atoms with Gasteiger partial charge >= 0.3 is 0 Å². The second kappa shape index (κ2) is 9.10. The topological polar surface area (TPSA) is 45.2 Å². The fourth-order valence-corrected chi connectivity index (χ4v) is 5.15. The lowest BCUT2D eigenvalue weighted by atomic mass is 10.0. The van der Waals surface area contributed by atoms with Crippen molar-refractivity contribution in [1.82, 2.24) is 14.6 Å².